The van der Waals surface area contributed by atoms with Crippen molar-refractivity contribution in [3.63, 3.8) is 0 Å². The number of nitrogens with one attached hydrogen (secondary N) is 1. The van der Waals surface area contributed by atoms with Gasteiger partial charge < -0.3 is 14.8 Å². The monoisotopic (exact) mass is 415 g/mol. The van der Waals surface area contributed by atoms with Crippen LogP contribution < -0.4 is 10.1 Å². The van der Waals surface area contributed by atoms with Gasteiger partial charge in [0.25, 0.3) is 0 Å². The molecule has 0 aromatic heterocycles. The minimum Gasteiger partial charge on any atom is -0.497 e. The van der Waals surface area contributed by atoms with Crippen molar-refractivity contribution in [3.05, 3.63) is 89.2 Å². The zero-order chi connectivity index (χ0) is 21.6. The largest absolute Gasteiger partial charge is 0.497 e. The number of carbonyl (C=O) groups is 1. The minimum absolute atomic E-state index is 0.0286. The molecule has 0 saturated heterocycles. The van der Waals surface area contributed by atoms with Crippen LogP contribution in [0.5, 0.6) is 5.75 Å². The number of halogens is 1. The Bertz CT molecular complexity index is 1120. The van der Waals surface area contributed by atoms with E-state index in [-0.39, 0.29) is 12.5 Å². The van der Waals surface area contributed by atoms with Crippen LogP contribution in [-0.4, -0.2) is 26.4 Å². The first kappa shape index (κ1) is 20.5. The predicted octanol–water partition coefficient (Wildman–Crippen LogP) is 5.11. The van der Waals surface area contributed by atoms with E-state index in [1.165, 1.54) is 41.5 Å². The standard InChI is InChI=1S/C26H22FNO3/c1-30-20-15-18(14-19(27)16-20)8-6-7-13-28-26(29)31-17-25-23-11-4-2-9-21(23)22-10-3-5-12-24(22)25/h2-5,9-12,14-16,25H,7,13,17H2,1H3,(H,28,29). The van der Waals surface area contributed by atoms with E-state index in [1.807, 2.05) is 24.3 Å². The number of rotatable bonds is 5. The number of hydrogen-bond donors (Lipinski definition) is 1. The van der Waals surface area contributed by atoms with Crippen molar-refractivity contribution in [1.82, 2.24) is 5.32 Å². The third-order valence-corrected chi connectivity index (χ3v) is 5.20. The van der Waals surface area contributed by atoms with Crippen molar-refractivity contribution in [2.24, 2.45) is 0 Å². The lowest BCUT2D eigenvalue weighted by molar-refractivity contribution is 0.143. The molecular weight excluding hydrogens is 393 g/mol. The molecule has 1 aliphatic carbocycles. The van der Waals surface area contributed by atoms with Crippen LogP contribution in [0.4, 0.5) is 9.18 Å². The summed E-state index contributed by atoms with van der Waals surface area (Å²) >= 11 is 0. The minimum atomic E-state index is -0.476. The van der Waals surface area contributed by atoms with Crippen LogP contribution in [-0.2, 0) is 4.74 Å². The van der Waals surface area contributed by atoms with E-state index in [0.717, 1.165) is 0 Å². The number of methoxy groups -OCH3 is 1. The van der Waals surface area contributed by atoms with E-state index in [4.69, 9.17) is 9.47 Å². The molecule has 5 heteroatoms. The summed E-state index contributed by atoms with van der Waals surface area (Å²) in [6, 6.07) is 20.7. The molecule has 4 nitrogen and oxygen atoms in total. The quantitative estimate of drug-likeness (QED) is 0.465. The highest BCUT2D eigenvalue weighted by molar-refractivity contribution is 5.79. The average Bonchev–Trinajstić information content (AvgIpc) is 3.11. The summed E-state index contributed by atoms with van der Waals surface area (Å²) in [5.41, 5.74) is 5.26. The van der Waals surface area contributed by atoms with Gasteiger partial charge in [-0.1, -0.05) is 60.4 Å². The van der Waals surface area contributed by atoms with Crippen LogP contribution in [0.15, 0.2) is 66.7 Å². The van der Waals surface area contributed by atoms with Gasteiger partial charge in [0.15, 0.2) is 0 Å². The smallest absolute Gasteiger partial charge is 0.407 e. The van der Waals surface area contributed by atoms with Gasteiger partial charge in [0, 0.05) is 30.5 Å². The van der Waals surface area contributed by atoms with Crippen molar-refractivity contribution in [2.45, 2.75) is 12.3 Å². The predicted molar refractivity (Wildman–Crippen MR) is 118 cm³/mol. The van der Waals surface area contributed by atoms with Crippen molar-refractivity contribution < 1.29 is 18.7 Å². The van der Waals surface area contributed by atoms with Crippen LogP contribution in [0.3, 0.4) is 0 Å². The number of benzene rings is 3. The van der Waals surface area contributed by atoms with E-state index in [0.29, 0.717) is 24.3 Å². The Hall–Kier alpha value is -3.78. The Labute approximate surface area is 181 Å². The summed E-state index contributed by atoms with van der Waals surface area (Å²) < 4.78 is 24.0. The van der Waals surface area contributed by atoms with Gasteiger partial charge in [-0.15, -0.1) is 0 Å². The van der Waals surface area contributed by atoms with Crippen LogP contribution in [0.1, 0.15) is 29.0 Å². The summed E-state index contributed by atoms with van der Waals surface area (Å²) in [5.74, 6) is 5.83. The van der Waals surface area contributed by atoms with Gasteiger partial charge in [-0.2, -0.15) is 0 Å². The molecular formula is C26H22FNO3. The zero-order valence-electron chi connectivity index (χ0n) is 17.2. The molecule has 4 rings (SSSR count). The van der Waals surface area contributed by atoms with Crippen molar-refractivity contribution in [3.8, 4) is 28.7 Å². The van der Waals surface area contributed by atoms with Gasteiger partial charge in [-0.25, -0.2) is 9.18 Å². The normalized spacial score (nSPS) is 11.7. The van der Waals surface area contributed by atoms with E-state index in [2.05, 4.69) is 41.4 Å². The van der Waals surface area contributed by atoms with Crippen molar-refractivity contribution >= 4 is 6.09 Å². The molecule has 0 atom stereocenters. The van der Waals surface area contributed by atoms with Crippen molar-refractivity contribution in [1.29, 1.82) is 0 Å². The summed E-state index contributed by atoms with van der Waals surface area (Å²) in [5, 5.41) is 2.71. The molecule has 0 fully saturated rings. The van der Waals surface area contributed by atoms with Gasteiger partial charge in [-0.05, 0) is 34.4 Å². The first-order valence-electron chi connectivity index (χ1n) is 10.1. The highest BCUT2D eigenvalue weighted by Gasteiger charge is 2.28. The molecule has 0 spiro atoms. The topological polar surface area (TPSA) is 47.6 Å². The molecule has 0 heterocycles. The zero-order valence-corrected chi connectivity index (χ0v) is 17.2. The van der Waals surface area contributed by atoms with E-state index >= 15 is 0 Å². The van der Waals surface area contributed by atoms with Gasteiger partial charge in [-0.3, -0.25) is 0 Å². The second-order valence-electron chi connectivity index (χ2n) is 7.18. The molecule has 3 aromatic rings. The molecule has 156 valence electrons. The highest BCUT2D eigenvalue weighted by atomic mass is 19.1. The number of alkyl carbamates (subject to hydrolysis) is 1. The molecule has 0 saturated carbocycles. The maximum absolute atomic E-state index is 13.5. The fraction of sp³-hybridized carbons (Fsp3) is 0.192. The lowest BCUT2D eigenvalue weighted by atomic mass is 9.98. The third-order valence-electron chi connectivity index (χ3n) is 5.20. The Morgan fingerprint density at radius 3 is 2.39 bits per heavy atom. The molecule has 1 aliphatic rings. The van der Waals surface area contributed by atoms with Gasteiger partial charge in [0.2, 0.25) is 0 Å². The van der Waals surface area contributed by atoms with Crippen LogP contribution in [0, 0.1) is 17.7 Å². The Morgan fingerprint density at radius 1 is 1.03 bits per heavy atom. The number of amides is 1. The molecule has 3 aromatic carbocycles. The second-order valence-corrected chi connectivity index (χ2v) is 7.18. The Balaban J connectivity index is 1.29. The van der Waals surface area contributed by atoms with Crippen LogP contribution in [0.2, 0.25) is 0 Å². The molecule has 1 amide bonds. The summed E-state index contributed by atoms with van der Waals surface area (Å²) in [6.45, 7) is 0.616. The van der Waals surface area contributed by atoms with Gasteiger partial charge in [0.05, 0.1) is 7.11 Å². The Morgan fingerprint density at radius 2 is 1.71 bits per heavy atom. The van der Waals surface area contributed by atoms with Crippen molar-refractivity contribution in [2.75, 3.05) is 20.3 Å². The first-order chi connectivity index (χ1) is 15.2. The number of ether oxygens (including phenoxy) is 2. The fourth-order valence-electron chi connectivity index (χ4n) is 3.79. The van der Waals surface area contributed by atoms with Gasteiger partial charge in [0.1, 0.15) is 18.2 Å². The highest BCUT2D eigenvalue weighted by Crippen LogP contribution is 2.44. The summed E-state index contributed by atoms with van der Waals surface area (Å²) in [4.78, 5) is 12.1. The molecule has 31 heavy (non-hydrogen) atoms. The molecule has 0 radical (unpaired) electrons. The summed E-state index contributed by atoms with van der Waals surface area (Å²) in [6.07, 6.45) is -0.0562. The van der Waals surface area contributed by atoms with Crippen LogP contribution in [0.25, 0.3) is 11.1 Å². The van der Waals surface area contributed by atoms with E-state index in [1.54, 1.807) is 6.07 Å². The maximum Gasteiger partial charge on any atom is 0.407 e. The fourth-order valence-corrected chi connectivity index (χ4v) is 3.79. The lowest BCUT2D eigenvalue weighted by Crippen LogP contribution is -2.26. The van der Waals surface area contributed by atoms with E-state index < -0.39 is 11.9 Å². The molecule has 0 unspecified atom stereocenters. The van der Waals surface area contributed by atoms with E-state index in [9.17, 15) is 9.18 Å². The van der Waals surface area contributed by atoms with Crippen LogP contribution >= 0.6 is 0 Å². The molecule has 1 N–H and O–H groups in total. The number of carbonyl (C=O) groups excluding carboxylic acids is 1. The summed E-state index contributed by atoms with van der Waals surface area (Å²) in [7, 11) is 1.48. The number of fused-ring (bicyclic) bond motifs is 3. The maximum atomic E-state index is 13.5. The Kier molecular flexibility index (Phi) is 6.18. The average molecular weight is 415 g/mol. The molecule has 0 bridgehead atoms. The van der Waals surface area contributed by atoms with Gasteiger partial charge >= 0.3 is 6.09 Å². The SMILES string of the molecule is COc1cc(F)cc(C#CCCNC(=O)OCC2c3ccccc3-c3ccccc32)c1. The third kappa shape index (κ3) is 4.70. The molecule has 0 aliphatic heterocycles. The first-order valence-corrected chi connectivity index (χ1v) is 10.1. The second kappa shape index (κ2) is 9.36. The lowest BCUT2D eigenvalue weighted by Gasteiger charge is -2.14. The number of hydrogen-bond acceptors (Lipinski definition) is 3.